The third-order valence-corrected chi connectivity index (χ3v) is 4.92. The largest absolute Gasteiger partial charge is 0.394 e. The van der Waals surface area contributed by atoms with Crippen LogP contribution in [0.2, 0.25) is 0 Å². The maximum atomic E-state index is 9.23. The average Bonchev–Trinajstić information content (AvgIpc) is 2.48. The van der Waals surface area contributed by atoms with Crippen molar-refractivity contribution < 1.29 is 20.4 Å². The molecule has 4 nitrogen and oxygen atoms in total. The van der Waals surface area contributed by atoms with Gasteiger partial charge in [0.15, 0.2) is 0 Å². The van der Waals surface area contributed by atoms with E-state index in [9.17, 15) is 10.2 Å². The summed E-state index contributed by atoms with van der Waals surface area (Å²) in [6, 6.07) is 8.21. The first-order valence-electron chi connectivity index (χ1n) is 6.47. The first-order valence-corrected chi connectivity index (χ1v) is 8.77. The summed E-state index contributed by atoms with van der Waals surface area (Å²) in [5.74, 6) is 2.70. The van der Waals surface area contributed by atoms with Crippen molar-refractivity contribution in [2.24, 2.45) is 0 Å². The molecular formula is C14H22O4S2. The Morgan fingerprint density at radius 2 is 1.10 bits per heavy atom. The van der Waals surface area contributed by atoms with Crippen LogP contribution in [0.5, 0.6) is 0 Å². The lowest BCUT2D eigenvalue weighted by atomic mass is 10.2. The van der Waals surface area contributed by atoms with Gasteiger partial charge in [-0.25, -0.2) is 0 Å². The molecule has 1 aromatic carbocycles. The molecule has 0 fully saturated rings. The van der Waals surface area contributed by atoms with Crippen LogP contribution in [0.4, 0.5) is 0 Å². The molecule has 0 saturated carbocycles. The maximum Gasteiger partial charge on any atom is 0.0861 e. The Balaban J connectivity index is 2.26. The third kappa shape index (κ3) is 7.52. The van der Waals surface area contributed by atoms with Gasteiger partial charge < -0.3 is 20.4 Å². The number of aliphatic hydroxyl groups is 4. The lowest BCUT2D eigenvalue weighted by Gasteiger charge is -2.08. The van der Waals surface area contributed by atoms with E-state index in [2.05, 4.69) is 24.3 Å². The van der Waals surface area contributed by atoms with Crippen molar-refractivity contribution in [2.75, 3.05) is 24.7 Å². The van der Waals surface area contributed by atoms with E-state index in [0.29, 0.717) is 11.5 Å². The summed E-state index contributed by atoms with van der Waals surface area (Å²) >= 11 is 3.19. The fraction of sp³-hybridized carbons (Fsp3) is 0.571. The Morgan fingerprint density at radius 3 is 1.40 bits per heavy atom. The van der Waals surface area contributed by atoms with Gasteiger partial charge in [-0.1, -0.05) is 24.3 Å². The molecule has 0 bridgehead atoms. The van der Waals surface area contributed by atoms with Crippen LogP contribution in [0, 0.1) is 0 Å². The van der Waals surface area contributed by atoms with Crippen LogP contribution in [0.3, 0.4) is 0 Å². The first-order chi connectivity index (χ1) is 9.65. The molecule has 2 atom stereocenters. The van der Waals surface area contributed by atoms with E-state index in [1.807, 2.05) is 0 Å². The van der Waals surface area contributed by atoms with Gasteiger partial charge in [-0.2, -0.15) is 23.5 Å². The molecule has 1 rings (SSSR count). The van der Waals surface area contributed by atoms with Gasteiger partial charge in [0, 0.05) is 23.0 Å². The SMILES string of the molecule is OCC(O)CSCc1ccc(CSCC(O)CO)cc1. The number of benzene rings is 1. The molecule has 0 aromatic heterocycles. The lowest BCUT2D eigenvalue weighted by molar-refractivity contribution is 0.113. The number of aliphatic hydroxyl groups excluding tert-OH is 4. The van der Waals surface area contributed by atoms with Crippen LogP contribution in [0.25, 0.3) is 0 Å². The second-order valence-electron chi connectivity index (χ2n) is 4.52. The van der Waals surface area contributed by atoms with E-state index in [1.54, 1.807) is 23.5 Å². The van der Waals surface area contributed by atoms with Crippen LogP contribution < -0.4 is 0 Å². The van der Waals surface area contributed by atoms with Gasteiger partial charge in [-0.05, 0) is 11.1 Å². The fourth-order valence-electron chi connectivity index (χ4n) is 1.46. The van der Waals surface area contributed by atoms with Crippen LogP contribution in [-0.2, 0) is 11.5 Å². The first kappa shape index (κ1) is 17.8. The minimum absolute atomic E-state index is 0.192. The highest BCUT2D eigenvalue weighted by Crippen LogP contribution is 2.17. The molecule has 0 saturated heterocycles. The lowest BCUT2D eigenvalue weighted by Crippen LogP contribution is -2.14. The summed E-state index contributed by atoms with van der Waals surface area (Å²) in [5.41, 5.74) is 2.37. The van der Waals surface area contributed by atoms with Gasteiger partial charge in [-0.15, -0.1) is 0 Å². The quantitative estimate of drug-likeness (QED) is 0.512. The average molecular weight is 318 g/mol. The molecule has 0 spiro atoms. The number of hydrogen-bond acceptors (Lipinski definition) is 6. The minimum atomic E-state index is -0.645. The Labute approximate surface area is 128 Å². The summed E-state index contributed by atoms with van der Waals surface area (Å²) in [5, 5.41) is 35.9. The second-order valence-corrected chi connectivity index (χ2v) is 6.58. The minimum Gasteiger partial charge on any atom is -0.394 e. The molecule has 114 valence electrons. The second kappa shape index (κ2) is 10.5. The third-order valence-electron chi connectivity index (χ3n) is 2.60. The van der Waals surface area contributed by atoms with Crippen molar-refractivity contribution in [3.8, 4) is 0 Å². The van der Waals surface area contributed by atoms with Crippen molar-refractivity contribution in [3.05, 3.63) is 35.4 Å². The van der Waals surface area contributed by atoms with E-state index in [4.69, 9.17) is 10.2 Å². The summed E-state index contributed by atoms with van der Waals surface area (Å²) in [4.78, 5) is 0. The number of rotatable bonds is 10. The van der Waals surface area contributed by atoms with Crippen molar-refractivity contribution in [2.45, 2.75) is 23.7 Å². The zero-order valence-corrected chi connectivity index (χ0v) is 12.9. The van der Waals surface area contributed by atoms with Crippen LogP contribution in [0.15, 0.2) is 24.3 Å². The van der Waals surface area contributed by atoms with Crippen molar-refractivity contribution in [1.82, 2.24) is 0 Å². The van der Waals surface area contributed by atoms with E-state index in [-0.39, 0.29) is 13.2 Å². The zero-order chi connectivity index (χ0) is 14.8. The van der Waals surface area contributed by atoms with Crippen LogP contribution >= 0.6 is 23.5 Å². The van der Waals surface area contributed by atoms with Crippen molar-refractivity contribution in [3.63, 3.8) is 0 Å². The highest BCUT2D eigenvalue weighted by molar-refractivity contribution is 7.98. The summed E-state index contributed by atoms with van der Waals surface area (Å²) in [6.45, 7) is -0.383. The topological polar surface area (TPSA) is 80.9 Å². The van der Waals surface area contributed by atoms with Gasteiger partial charge in [-0.3, -0.25) is 0 Å². The maximum absolute atomic E-state index is 9.23. The molecule has 0 radical (unpaired) electrons. The summed E-state index contributed by atoms with van der Waals surface area (Å²) in [7, 11) is 0. The van der Waals surface area contributed by atoms with Crippen LogP contribution in [-0.4, -0.2) is 57.4 Å². The molecule has 0 heterocycles. The Bertz CT molecular complexity index is 324. The van der Waals surface area contributed by atoms with Crippen molar-refractivity contribution in [1.29, 1.82) is 0 Å². The van der Waals surface area contributed by atoms with Crippen molar-refractivity contribution >= 4 is 23.5 Å². The molecular weight excluding hydrogens is 296 g/mol. The van der Waals surface area contributed by atoms with Gasteiger partial charge in [0.05, 0.1) is 25.4 Å². The number of thioether (sulfide) groups is 2. The van der Waals surface area contributed by atoms with Gasteiger partial charge in [0.1, 0.15) is 0 Å². The summed E-state index contributed by atoms with van der Waals surface area (Å²) < 4.78 is 0. The number of hydrogen-bond donors (Lipinski definition) is 4. The van der Waals surface area contributed by atoms with Crippen LogP contribution in [0.1, 0.15) is 11.1 Å². The van der Waals surface area contributed by atoms with E-state index >= 15 is 0 Å². The Morgan fingerprint density at radius 1 is 0.750 bits per heavy atom. The highest BCUT2D eigenvalue weighted by Gasteiger charge is 2.04. The monoisotopic (exact) mass is 318 g/mol. The smallest absolute Gasteiger partial charge is 0.0861 e. The fourth-order valence-corrected chi connectivity index (χ4v) is 3.31. The molecule has 4 N–H and O–H groups in total. The molecule has 6 heteroatoms. The van der Waals surface area contributed by atoms with E-state index in [0.717, 1.165) is 11.5 Å². The molecule has 2 unspecified atom stereocenters. The van der Waals surface area contributed by atoms with E-state index < -0.39 is 12.2 Å². The Hall–Kier alpha value is -0.240. The standard InChI is InChI=1S/C14H22O4S2/c15-5-13(17)9-19-7-11-1-2-12(4-3-11)8-20-10-14(18)6-16/h1-4,13-18H,5-10H2. The highest BCUT2D eigenvalue weighted by atomic mass is 32.2. The molecule has 0 aliphatic rings. The Kier molecular flexibility index (Phi) is 9.33. The predicted octanol–water partition coefficient (Wildman–Crippen LogP) is 0.859. The van der Waals surface area contributed by atoms with Gasteiger partial charge in [0.25, 0.3) is 0 Å². The van der Waals surface area contributed by atoms with Gasteiger partial charge in [0.2, 0.25) is 0 Å². The molecule has 0 aliphatic carbocycles. The summed E-state index contributed by atoms with van der Waals surface area (Å²) in [6.07, 6.45) is -1.29. The molecule has 1 aromatic rings. The van der Waals surface area contributed by atoms with E-state index in [1.165, 1.54) is 11.1 Å². The molecule has 20 heavy (non-hydrogen) atoms. The van der Waals surface area contributed by atoms with Gasteiger partial charge >= 0.3 is 0 Å². The zero-order valence-electron chi connectivity index (χ0n) is 11.3. The molecule has 0 amide bonds. The normalized spacial score (nSPS) is 14.2. The predicted molar refractivity (Wildman–Crippen MR) is 85.0 cm³/mol. The molecule has 0 aliphatic heterocycles.